The van der Waals surface area contributed by atoms with Crippen LogP contribution in [0, 0.1) is 0 Å². The Morgan fingerprint density at radius 3 is 2.17 bits per heavy atom. The van der Waals surface area contributed by atoms with Gasteiger partial charge in [0.2, 0.25) is 11.8 Å². The van der Waals surface area contributed by atoms with Crippen LogP contribution in [0.3, 0.4) is 0 Å². The molecule has 174 valence electrons. The van der Waals surface area contributed by atoms with Crippen LogP contribution in [0.5, 0.6) is 0 Å². The van der Waals surface area contributed by atoms with Crippen LogP contribution in [0.4, 0.5) is 0 Å². The highest BCUT2D eigenvalue weighted by Crippen LogP contribution is 2.11. The number of nitrogens with one attached hydrogen (secondary N) is 1. The Labute approximate surface area is 198 Å². The second kappa shape index (κ2) is 14.8. The fourth-order valence-electron chi connectivity index (χ4n) is 3.55. The third-order valence-corrected chi connectivity index (χ3v) is 5.44. The minimum Gasteiger partial charge on any atom is -0.383 e. The third-order valence-electron chi connectivity index (χ3n) is 5.44. The second-order valence-electron chi connectivity index (χ2n) is 7.91. The van der Waals surface area contributed by atoms with Crippen LogP contribution < -0.4 is 5.32 Å². The number of ether oxygens (including phenoxy) is 1. The molecule has 0 aromatic heterocycles. The van der Waals surface area contributed by atoms with Crippen molar-refractivity contribution in [3.8, 4) is 0 Å². The van der Waals surface area contributed by atoms with Gasteiger partial charge in [-0.05, 0) is 12.8 Å². The number of nitrogens with zero attached hydrogens (tertiary/aromatic N) is 5. The summed E-state index contributed by atoms with van der Waals surface area (Å²) in [6, 6.07) is 0. The van der Waals surface area contributed by atoms with Crippen LogP contribution in [0.1, 0.15) is 25.7 Å². The Kier molecular flexibility index (Phi) is 13.3. The van der Waals surface area contributed by atoms with Gasteiger partial charge in [0.1, 0.15) is 6.54 Å². The van der Waals surface area contributed by atoms with E-state index in [1.54, 1.807) is 26.1 Å². The zero-order valence-corrected chi connectivity index (χ0v) is 21.1. The van der Waals surface area contributed by atoms with Crippen LogP contribution in [-0.2, 0) is 14.3 Å². The highest BCUT2D eigenvalue weighted by atomic mass is 127. The molecule has 9 nitrogen and oxygen atoms in total. The number of carbonyl (C=O) groups is 2. The normalized spacial score (nSPS) is 18.4. The Balaban J connectivity index is 0.00000450. The predicted octanol–water partition coefficient (Wildman–Crippen LogP) is 0.305. The van der Waals surface area contributed by atoms with E-state index in [0.717, 1.165) is 58.1 Å². The van der Waals surface area contributed by atoms with Crippen molar-refractivity contribution in [1.29, 1.82) is 0 Å². The largest absolute Gasteiger partial charge is 0.383 e. The van der Waals surface area contributed by atoms with E-state index in [1.165, 1.54) is 12.8 Å². The molecule has 2 amide bonds. The number of aliphatic imine (C=N–C) groups is 1. The minimum absolute atomic E-state index is 0. The maximum Gasteiger partial charge on any atom is 0.243 e. The Morgan fingerprint density at radius 1 is 0.967 bits per heavy atom. The van der Waals surface area contributed by atoms with E-state index < -0.39 is 0 Å². The molecule has 0 radical (unpaired) electrons. The summed E-state index contributed by atoms with van der Waals surface area (Å²) in [7, 11) is 5.13. The molecule has 0 unspecified atom stereocenters. The van der Waals surface area contributed by atoms with E-state index in [0.29, 0.717) is 19.7 Å². The molecule has 0 spiro atoms. The summed E-state index contributed by atoms with van der Waals surface area (Å²) in [4.78, 5) is 37.0. The van der Waals surface area contributed by atoms with Crippen molar-refractivity contribution in [3.05, 3.63) is 0 Å². The first-order valence-electron chi connectivity index (χ1n) is 10.7. The smallest absolute Gasteiger partial charge is 0.243 e. The number of hydrogen-bond acceptors (Lipinski definition) is 5. The molecule has 0 bridgehead atoms. The first kappa shape index (κ1) is 26.9. The van der Waals surface area contributed by atoms with Gasteiger partial charge in [-0.3, -0.25) is 14.5 Å². The molecular formula is C20H39IN6O3. The fraction of sp³-hybridized carbons (Fsp3) is 0.850. The van der Waals surface area contributed by atoms with E-state index in [4.69, 9.17) is 4.74 Å². The highest BCUT2D eigenvalue weighted by Gasteiger charge is 2.24. The van der Waals surface area contributed by atoms with Gasteiger partial charge in [-0.2, -0.15) is 0 Å². The maximum atomic E-state index is 12.6. The lowest BCUT2D eigenvalue weighted by Gasteiger charge is -2.37. The Morgan fingerprint density at radius 2 is 1.60 bits per heavy atom. The zero-order valence-electron chi connectivity index (χ0n) is 18.8. The van der Waals surface area contributed by atoms with Gasteiger partial charge in [-0.15, -0.1) is 24.0 Å². The van der Waals surface area contributed by atoms with Gasteiger partial charge in [0.05, 0.1) is 13.2 Å². The Bertz CT molecular complexity index is 545. The average Bonchev–Trinajstić information content (AvgIpc) is 3.00. The molecule has 30 heavy (non-hydrogen) atoms. The molecule has 0 aromatic rings. The van der Waals surface area contributed by atoms with Crippen LogP contribution in [-0.4, -0.2) is 124 Å². The van der Waals surface area contributed by atoms with Gasteiger partial charge in [0, 0.05) is 67.0 Å². The van der Waals surface area contributed by atoms with E-state index in [2.05, 4.69) is 20.1 Å². The number of piperazine rings is 1. The van der Waals surface area contributed by atoms with Crippen molar-refractivity contribution in [3.63, 3.8) is 0 Å². The maximum absolute atomic E-state index is 12.6. The molecule has 2 saturated heterocycles. The monoisotopic (exact) mass is 538 g/mol. The summed E-state index contributed by atoms with van der Waals surface area (Å²) in [5, 5.41) is 3.29. The van der Waals surface area contributed by atoms with Crippen molar-refractivity contribution < 1.29 is 14.3 Å². The number of rotatable bonds is 7. The Hall–Kier alpha value is -1.14. The SMILES string of the molecule is COCCNC(=NCC(=O)N(C)C)N1CCN(CC(=O)N2CCCCCC2)CC1.I. The highest BCUT2D eigenvalue weighted by molar-refractivity contribution is 14.0. The van der Waals surface area contributed by atoms with Crippen molar-refractivity contribution in [2.45, 2.75) is 25.7 Å². The number of amides is 2. The number of methoxy groups -OCH3 is 1. The number of guanidine groups is 1. The molecule has 0 saturated carbocycles. The number of likely N-dealkylation sites (tertiary alicyclic amines) is 1. The topological polar surface area (TPSA) is 80.7 Å². The number of likely N-dealkylation sites (N-methyl/N-ethyl adjacent to an activating group) is 1. The first-order chi connectivity index (χ1) is 14.0. The molecule has 2 fully saturated rings. The van der Waals surface area contributed by atoms with Gasteiger partial charge in [0.25, 0.3) is 0 Å². The minimum atomic E-state index is -0.0299. The van der Waals surface area contributed by atoms with Crippen molar-refractivity contribution in [1.82, 2.24) is 24.9 Å². The van der Waals surface area contributed by atoms with Gasteiger partial charge in [-0.1, -0.05) is 12.8 Å². The molecule has 10 heteroatoms. The quantitative estimate of drug-likeness (QED) is 0.218. The first-order valence-corrected chi connectivity index (χ1v) is 10.7. The van der Waals surface area contributed by atoms with Crippen LogP contribution in [0.2, 0.25) is 0 Å². The summed E-state index contributed by atoms with van der Waals surface area (Å²) in [6.45, 7) is 6.82. The standard InChI is InChI=1S/C20H38N6O3.HI/c1-23(2)18(27)16-22-20(21-8-15-29-3)26-13-11-24(12-14-26)17-19(28)25-9-6-4-5-7-10-25;/h4-17H2,1-3H3,(H,21,22);1H. The molecule has 0 aromatic carbocycles. The lowest BCUT2D eigenvalue weighted by Crippen LogP contribution is -2.54. The van der Waals surface area contributed by atoms with E-state index in [-0.39, 0.29) is 42.3 Å². The number of halogens is 1. The molecular weight excluding hydrogens is 499 g/mol. The van der Waals surface area contributed by atoms with Crippen LogP contribution in [0.25, 0.3) is 0 Å². The van der Waals surface area contributed by atoms with Gasteiger partial charge in [-0.25, -0.2) is 4.99 Å². The fourth-order valence-corrected chi connectivity index (χ4v) is 3.55. The third kappa shape index (κ3) is 9.34. The van der Waals surface area contributed by atoms with Crippen molar-refractivity contribution in [2.75, 3.05) is 86.7 Å². The molecule has 0 aliphatic carbocycles. The summed E-state index contributed by atoms with van der Waals surface area (Å²) in [6.07, 6.45) is 4.71. The van der Waals surface area contributed by atoms with E-state index in [9.17, 15) is 9.59 Å². The molecule has 0 atom stereocenters. The lowest BCUT2D eigenvalue weighted by atomic mass is 10.2. The number of carbonyl (C=O) groups excluding carboxylic acids is 2. The van der Waals surface area contributed by atoms with Crippen LogP contribution in [0.15, 0.2) is 4.99 Å². The molecule has 2 heterocycles. The number of hydrogen-bond donors (Lipinski definition) is 1. The summed E-state index contributed by atoms with van der Waals surface area (Å²) >= 11 is 0. The predicted molar refractivity (Wildman–Crippen MR) is 129 cm³/mol. The molecule has 1 N–H and O–H groups in total. The van der Waals surface area contributed by atoms with E-state index in [1.807, 2.05) is 4.90 Å². The lowest BCUT2D eigenvalue weighted by molar-refractivity contribution is -0.132. The molecule has 2 rings (SSSR count). The average molecular weight is 538 g/mol. The summed E-state index contributed by atoms with van der Waals surface area (Å²) in [5.41, 5.74) is 0. The van der Waals surface area contributed by atoms with Crippen molar-refractivity contribution in [2.24, 2.45) is 4.99 Å². The molecule has 2 aliphatic rings. The van der Waals surface area contributed by atoms with Crippen LogP contribution >= 0.6 is 24.0 Å². The summed E-state index contributed by atoms with van der Waals surface area (Å²) in [5.74, 6) is 0.956. The van der Waals surface area contributed by atoms with Gasteiger partial charge >= 0.3 is 0 Å². The van der Waals surface area contributed by atoms with Gasteiger partial charge < -0.3 is 24.8 Å². The van der Waals surface area contributed by atoms with E-state index >= 15 is 0 Å². The summed E-state index contributed by atoms with van der Waals surface area (Å²) < 4.78 is 5.11. The second-order valence-corrected chi connectivity index (χ2v) is 7.91. The zero-order chi connectivity index (χ0) is 21.1. The molecule has 2 aliphatic heterocycles. The van der Waals surface area contributed by atoms with Crippen molar-refractivity contribution >= 4 is 41.8 Å². The van der Waals surface area contributed by atoms with Gasteiger partial charge in [0.15, 0.2) is 5.96 Å².